The number of amides is 3. The molecule has 0 aromatic heterocycles. The van der Waals surface area contributed by atoms with Crippen molar-refractivity contribution in [2.24, 2.45) is 0 Å². The number of thioether (sulfide) groups is 1. The van der Waals surface area contributed by atoms with E-state index in [1.807, 2.05) is 31.2 Å². The molecule has 4 N–H and O–H groups in total. The average Bonchev–Trinajstić information content (AvgIpc) is 2.99. The summed E-state index contributed by atoms with van der Waals surface area (Å²) in [5, 5.41) is 17.5. The number of hydrogen-bond donors (Lipinski definition) is 4. The maximum Gasteiger partial charge on any atom is 0.335 e. The van der Waals surface area contributed by atoms with Gasteiger partial charge in [-0.2, -0.15) is 0 Å². The predicted octanol–water partition coefficient (Wildman–Crippen LogP) is 6.49. The number of carbonyl (C=O) groups is 4. The normalized spacial score (nSPS) is 11.0. The minimum Gasteiger partial charge on any atom is -0.478 e. The van der Waals surface area contributed by atoms with E-state index in [4.69, 9.17) is 16.7 Å². The van der Waals surface area contributed by atoms with Crippen LogP contribution in [0.4, 0.5) is 11.4 Å². The Bertz CT molecular complexity index is 1640. The van der Waals surface area contributed by atoms with Gasteiger partial charge in [-0.3, -0.25) is 14.4 Å². The Labute approximate surface area is 251 Å². The van der Waals surface area contributed by atoms with Crippen molar-refractivity contribution in [2.75, 3.05) is 16.4 Å². The van der Waals surface area contributed by atoms with Gasteiger partial charge in [0.05, 0.1) is 22.0 Å². The Morgan fingerprint density at radius 1 is 0.833 bits per heavy atom. The first-order valence-electron chi connectivity index (χ1n) is 12.7. The van der Waals surface area contributed by atoms with Crippen LogP contribution in [0.25, 0.3) is 6.08 Å². The quantitative estimate of drug-likeness (QED) is 0.122. The van der Waals surface area contributed by atoms with Crippen LogP contribution in [-0.2, 0) is 9.59 Å². The number of aryl methyl sites for hydroxylation is 1. The van der Waals surface area contributed by atoms with Crippen molar-refractivity contribution in [3.8, 4) is 0 Å². The Morgan fingerprint density at radius 2 is 1.52 bits per heavy atom. The summed E-state index contributed by atoms with van der Waals surface area (Å²) in [7, 11) is 0. The third-order valence-electron chi connectivity index (χ3n) is 5.89. The number of rotatable bonds is 10. The van der Waals surface area contributed by atoms with Crippen LogP contribution in [0.5, 0.6) is 0 Å². The van der Waals surface area contributed by atoms with Crippen molar-refractivity contribution in [3.63, 3.8) is 0 Å². The van der Waals surface area contributed by atoms with Crippen LogP contribution in [0.1, 0.15) is 31.8 Å². The summed E-state index contributed by atoms with van der Waals surface area (Å²) in [6.07, 6.45) is 1.61. The van der Waals surface area contributed by atoms with E-state index in [1.54, 1.807) is 60.7 Å². The highest BCUT2D eigenvalue weighted by Crippen LogP contribution is 2.25. The zero-order chi connectivity index (χ0) is 30.1. The molecule has 0 spiro atoms. The monoisotopic (exact) mass is 599 g/mol. The maximum atomic E-state index is 13.2. The van der Waals surface area contributed by atoms with Crippen LogP contribution in [0.2, 0.25) is 5.02 Å². The second-order valence-corrected chi connectivity index (χ2v) is 10.6. The Morgan fingerprint density at radius 3 is 2.19 bits per heavy atom. The fourth-order valence-corrected chi connectivity index (χ4v) is 4.56. The Balaban J connectivity index is 1.39. The van der Waals surface area contributed by atoms with Crippen LogP contribution < -0.4 is 16.0 Å². The zero-order valence-electron chi connectivity index (χ0n) is 22.4. The third kappa shape index (κ3) is 8.57. The number of benzene rings is 4. The SMILES string of the molecule is Cc1ccc(/C=C(\NC(=O)c2ccccc2)C(=O)Nc2ccc(SCC(=O)Nc3cc(C(=O)O)ccc3Cl)cc2)cc1. The van der Waals surface area contributed by atoms with Crippen molar-refractivity contribution >= 4 is 64.5 Å². The van der Waals surface area contributed by atoms with Crippen molar-refractivity contribution in [2.45, 2.75) is 11.8 Å². The minimum atomic E-state index is -1.12. The molecular formula is C32H26ClN3O5S. The number of carboxylic acid groups (broad SMARTS) is 1. The number of anilines is 2. The molecule has 0 unspecified atom stereocenters. The molecule has 10 heteroatoms. The molecule has 4 rings (SSSR count). The van der Waals surface area contributed by atoms with E-state index in [9.17, 15) is 19.2 Å². The van der Waals surface area contributed by atoms with E-state index < -0.39 is 17.8 Å². The van der Waals surface area contributed by atoms with Crippen molar-refractivity contribution < 1.29 is 24.3 Å². The molecule has 0 aliphatic rings. The van der Waals surface area contributed by atoms with E-state index in [2.05, 4.69) is 16.0 Å². The summed E-state index contributed by atoms with van der Waals surface area (Å²) in [4.78, 5) is 50.4. The first-order valence-corrected chi connectivity index (χ1v) is 14.1. The molecule has 3 amide bonds. The van der Waals surface area contributed by atoms with E-state index in [1.165, 1.54) is 30.0 Å². The van der Waals surface area contributed by atoms with Gasteiger partial charge >= 0.3 is 5.97 Å². The standard InChI is InChI=1S/C32H26ClN3O5S/c1-20-7-9-21(10-8-20)17-28(36-30(38)22-5-3-2-4-6-22)31(39)34-24-12-14-25(15-13-24)42-19-29(37)35-27-18-23(32(40)41)11-16-26(27)33/h2-18H,19H2,1H3,(H,34,39)(H,35,37)(H,36,38)(H,40,41)/b28-17-. The summed E-state index contributed by atoms with van der Waals surface area (Å²) in [5.41, 5.74) is 3.04. The lowest BCUT2D eigenvalue weighted by atomic mass is 10.1. The molecule has 0 saturated carbocycles. The molecule has 0 atom stereocenters. The Hall–Kier alpha value is -4.86. The van der Waals surface area contributed by atoms with Crippen molar-refractivity contribution in [1.82, 2.24) is 5.32 Å². The molecule has 0 fully saturated rings. The second kappa shape index (κ2) is 14.2. The summed E-state index contributed by atoms with van der Waals surface area (Å²) >= 11 is 7.33. The largest absolute Gasteiger partial charge is 0.478 e. The first-order chi connectivity index (χ1) is 20.2. The van der Waals surface area contributed by atoms with Gasteiger partial charge in [0.1, 0.15) is 5.70 Å². The number of aromatic carboxylic acids is 1. The summed E-state index contributed by atoms with van der Waals surface area (Å²) in [5.74, 6) is -2.35. The number of hydrogen-bond acceptors (Lipinski definition) is 5. The molecule has 0 radical (unpaired) electrons. The van der Waals surface area contributed by atoms with Gasteiger partial charge in [0.15, 0.2) is 0 Å². The second-order valence-electron chi connectivity index (χ2n) is 9.10. The van der Waals surface area contributed by atoms with Gasteiger partial charge in [-0.15, -0.1) is 11.8 Å². The predicted molar refractivity (Wildman–Crippen MR) is 166 cm³/mol. The van der Waals surface area contributed by atoms with E-state index in [-0.39, 0.29) is 33.6 Å². The topological polar surface area (TPSA) is 125 Å². The number of halogens is 1. The van der Waals surface area contributed by atoms with Gasteiger partial charge in [-0.1, -0.05) is 59.6 Å². The van der Waals surface area contributed by atoms with Gasteiger partial charge < -0.3 is 21.1 Å². The summed E-state index contributed by atoms with van der Waals surface area (Å²) in [6, 6.07) is 27.1. The third-order valence-corrected chi connectivity index (χ3v) is 7.23. The zero-order valence-corrected chi connectivity index (χ0v) is 24.0. The lowest BCUT2D eigenvalue weighted by molar-refractivity contribution is -0.114. The first kappa shape index (κ1) is 30.1. The van der Waals surface area contributed by atoms with Crippen LogP contribution >= 0.6 is 23.4 Å². The smallest absolute Gasteiger partial charge is 0.335 e. The lowest BCUT2D eigenvalue weighted by Gasteiger charge is -2.12. The van der Waals surface area contributed by atoms with E-state index in [0.29, 0.717) is 11.3 Å². The summed E-state index contributed by atoms with van der Waals surface area (Å²) < 4.78 is 0. The highest BCUT2D eigenvalue weighted by Gasteiger charge is 2.16. The molecule has 0 saturated heterocycles. The number of carboxylic acids is 1. The molecular weight excluding hydrogens is 574 g/mol. The van der Waals surface area contributed by atoms with Crippen LogP contribution in [0.15, 0.2) is 108 Å². The van der Waals surface area contributed by atoms with Gasteiger partial charge in [-0.25, -0.2) is 4.79 Å². The van der Waals surface area contributed by atoms with Crippen LogP contribution in [0.3, 0.4) is 0 Å². The molecule has 0 bridgehead atoms. The van der Waals surface area contributed by atoms with Crippen molar-refractivity contribution in [3.05, 3.63) is 130 Å². The lowest BCUT2D eigenvalue weighted by Crippen LogP contribution is -2.30. The molecule has 0 aliphatic carbocycles. The van der Waals surface area contributed by atoms with Crippen LogP contribution in [0, 0.1) is 6.92 Å². The molecule has 42 heavy (non-hydrogen) atoms. The molecule has 8 nitrogen and oxygen atoms in total. The average molecular weight is 600 g/mol. The van der Waals surface area contributed by atoms with E-state index in [0.717, 1.165) is 16.0 Å². The number of carbonyl (C=O) groups excluding carboxylic acids is 3. The summed E-state index contributed by atoms with van der Waals surface area (Å²) in [6.45, 7) is 1.96. The van der Waals surface area contributed by atoms with Gasteiger partial charge in [0.2, 0.25) is 5.91 Å². The molecule has 4 aromatic rings. The highest BCUT2D eigenvalue weighted by atomic mass is 35.5. The fourth-order valence-electron chi connectivity index (χ4n) is 3.69. The van der Waals surface area contributed by atoms with Gasteiger partial charge in [0.25, 0.3) is 11.8 Å². The molecule has 0 aliphatic heterocycles. The molecule has 0 heterocycles. The van der Waals surface area contributed by atoms with Gasteiger partial charge in [-0.05, 0) is 73.2 Å². The maximum absolute atomic E-state index is 13.2. The van der Waals surface area contributed by atoms with Crippen molar-refractivity contribution in [1.29, 1.82) is 0 Å². The minimum absolute atomic E-state index is 0.0106. The highest BCUT2D eigenvalue weighted by molar-refractivity contribution is 8.00. The van der Waals surface area contributed by atoms with Gasteiger partial charge in [0, 0.05) is 16.1 Å². The fraction of sp³-hybridized carbons (Fsp3) is 0.0625. The van der Waals surface area contributed by atoms with E-state index >= 15 is 0 Å². The van der Waals surface area contributed by atoms with Crippen LogP contribution in [-0.4, -0.2) is 34.6 Å². The number of nitrogens with one attached hydrogen (secondary N) is 3. The molecule has 4 aromatic carbocycles. The molecule has 212 valence electrons. The Kier molecular flexibility index (Phi) is 10.1.